The van der Waals surface area contributed by atoms with Crippen molar-refractivity contribution in [3.05, 3.63) is 36.0 Å². The van der Waals surface area contributed by atoms with E-state index in [0.717, 1.165) is 35.7 Å². The lowest BCUT2D eigenvalue weighted by molar-refractivity contribution is -0.134. The first-order chi connectivity index (χ1) is 14.4. The highest BCUT2D eigenvalue weighted by Crippen LogP contribution is 2.38. The summed E-state index contributed by atoms with van der Waals surface area (Å²) in [6.07, 6.45) is 5.39. The maximum absolute atomic E-state index is 13.3. The number of nitrogens with one attached hydrogen (secondary N) is 3. The lowest BCUT2D eigenvalue weighted by atomic mass is 9.69. The molecule has 0 spiro atoms. The zero-order valence-electron chi connectivity index (χ0n) is 18.3. The molecule has 1 aromatic carbocycles. The number of aliphatic hydroxyl groups is 1. The molecule has 164 valence electrons. The minimum absolute atomic E-state index is 0.0239. The average Bonchev–Trinajstić information content (AvgIpc) is 3.14. The Bertz CT molecular complexity index is 860. The number of hydrogen-bond acceptors (Lipinski definition) is 3. The van der Waals surface area contributed by atoms with Crippen LogP contribution >= 0.6 is 0 Å². The van der Waals surface area contributed by atoms with E-state index in [9.17, 15) is 9.59 Å². The SMILES string of the molecule is CC(C)[C@@H]1CC[C@@H](C)C[C@H]1C(=O)N[C@@H](Cc1c[nH]c2ccccc12)C(=O)NCCO. The van der Waals surface area contributed by atoms with Gasteiger partial charge in [-0.3, -0.25) is 9.59 Å². The summed E-state index contributed by atoms with van der Waals surface area (Å²) < 4.78 is 0. The van der Waals surface area contributed by atoms with E-state index in [4.69, 9.17) is 5.11 Å². The monoisotopic (exact) mass is 413 g/mol. The van der Waals surface area contributed by atoms with Gasteiger partial charge in [0, 0.05) is 36.0 Å². The number of aromatic nitrogens is 1. The summed E-state index contributed by atoms with van der Waals surface area (Å²) in [6.45, 7) is 6.61. The van der Waals surface area contributed by atoms with E-state index in [-0.39, 0.29) is 30.9 Å². The molecule has 1 aliphatic rings. The Balaban J connectivity index is 1.79. The van der Waals surface area contributed by atoms with Crippen LogP contribution in [-0.4, -0.2) is 41.1 Å². The molecule has 1 aromatic heterocycles. The van der Waals surface area contributed by atoms with Crippen molar-refractivity contribution in [2.75, 3.05) is 13.2 Å². The van der Waals surface area contributed by atoms with Crippen LogP contribution in [0.3, 0.4) is 0 Å². The van der Waals surface area contributed by atoms with Crippen molar-refractivity contribution < 1.29 is 14.7 Å². The molecule has 3 rings (SSSR count). The summed E-state index contributed by atoms with van der Waals surface area (Å²) in [5.74, 6) is 0.951. The number of H-pyrrole nitrogens is 1. The summed E-state index contributed by atoms with van der Waals surface area (Å²) in [7, 11) is 0. The van der Waals surface area contributed by atoms with Crippen molar-refractivity contribution in [1.82, 2.24) is 15.6 Å². The predicted octanol–water partition coefficient (Wildman–Crippen LogP) is 3.01. The van der Waals surface area contributed by atoms with Gasteiger partial charge in [-0.25, -0.2) is 0 Å². The van der Waals surface area contributed by atoms with Gasteiger partial charge >= 0.3 is 0 Å². The molecule has 0 saturated heterocycles. The Kier molecular flexibility index (Phi) is 7.53. The Hall–Kier alpha value is -2.34. The Labute approximate surface area is 178 Å². The van der Waals surface area contributed by atoms with Gasteiger partial charge < -0.3 is 20.7 Å². The number of carbonyl (C=O) groups excluding carboxylic acids is 2. The molecule has 30 heavy (non-hydrogen) atoms. The van der Waals surface area contributed by atoms with Crippen LogP contribution in [0.2, 0.25) is 0 Å². The summed E-state index contributed by atoms with van der Waals surface area (Å²) >= 11 is 0. The van der Waals surface area contributed by atoms with E-state index in [1.54, 1.807) is 0 Å². The second-order valence-corrected chi connectivity index (χ2v) is 9.07. The molecule has 2 aromatic rings. The lowest BCUT2D eigenvalue weighted by Crippen LogP contribution is -2.51. The maximum atomic E-state index is 13.3. The van der Waals surface area contributed by atoms with Crippen molar-refractivity contribution >= 4 is 22.7 Å². The minimum Gasteiger partial charge on any atom is -0.395 e. The first-order valence-corrected chi connectivity index (χ1v) is 11.1. The Morgan fingerprint density at radius 3 is 2.73 bits per heavy atom. The van der Waals surface area contributed by atoms with E-state index in [2.05, 4.69) is 36.4 Å². The summed E-state index contributed by atoms with van der Waals surface area (Å²) in [4.78, 5) is 29.3. The van der Waals surface area contributed by atoms with E-state index >= 15 is 0 Å². The second-order valence-electron chi connectivity index (χ2n) is 9.07. The molecule has 4 atom stereocenters. The summed E-state index contributed by atoms with van der Waals surface area (Å²) in [5.41, 5.74) is 2.00. The number of benzene rings is 1. The van der Waals surface area contributed by atoms with Crippen LogP contribution in [0, 0.1) is 23.7 Å². The molecule has 6 heteroatoms. The Morgan fingerprint density at radius 1 is 1.23 bits per heavy atom. The van der Waals surface area contributed by atoms with Crippen molar-refractivity contribution in [1.29, 1.82) is 0 Å². The lowest BCUT2D eigenvalue weighted by Gasteiger charge is -2.37. The van der Waals surface area contributed by atoms with Crippen LogP contribution in [0.5, 0.6) is 0 Å². The number of aliphatic hydroxyl groups excluding tert-OH is 1. The zero-order chi connectivity index (χ0) is 21.7. The van der Waals surface area contributed by atoms with Crippen LogP contribution < -0.4 is 10.6 Å². The van der Waals surface area contributed by atoms with E-state index < -0.39 is 6.04 Å². The molecule has 1 aliphatic carbocycles. The fourth-order valence-electron chi connectivity index (χ4n) is 4.81. The first kappa shape index (κ1) is 22.3. The van der Waals surface area contributed by atoms with Crippen molar-refractivity contribution in [2.24, 2.45) is 23.7 Å². The highest BCUT2D eigenvalue weighted by molar-refractivity contribution is 5.90. The summed E-state index contributed by atoms with van der Waals surface area (Å²) in [5, 5.41) is 15.9. The summed E-state index contributed by atoms with van der Waals surface area (Å²) in [6, 6.07) is 7.27. The standard InChI is InChI=1S/C24H35N3O3/c1-15(2)18-9-8-16(3)12-20(18)23(29)27-22(24(30)25-10-11-28)13-17-14-26-21-7-5-4-6-19(17)21/h4-7,14-16,18,20,22,26,28H,8-13H2,1-3H3,(H,25,30)(H,27,29)/t16-,18+,20-,22+/m1/s1. The smallest absolute Gasteiger partial charge is 0.243 e. The molecule has 1 fully saturated rings. The van der Waals surface area contributed by atoms with Gasteiger partial charge in [0.1, 0.15) is 6.04 Å². The van der Waals surface area contributed by atoms with Crippen LogP contribution in [-0.2, 0) is 16.0 Å². The van der Waals surface area contributed by atoms with Gasteiger partial charge in [0.2, 0.25) is 11.8 Å². The number of hydrogen-bond donors (Lipinski definition) is 4. The molecule has 0 aliphatic heterocycles. The van der Waals surface area contributed by atoms with E-state index in [0.29, 0.717) is 24.2 Å². The van der Waals surface area contributed by atoms with Crippen molar-refractivity contribution in [3.63, 3.8) is 0 Å². The van der Waals surface area contributed by atoms with Crippen LogP contribution in [0.4, 0.5) is 0 Å². The largest absolute Gasteiger partial charge is 0.395 e. The van der Waals surface area contributed by atoms with E-state index in [1.165, 1.54) is 0 Å². The quantitative estimate of drug-likeness (QED) is 0.536. The molecule has 0 radical (unpaired) electrons. The number of rotatable bonds is 8. The molecular weight excluding hydrogens is 378 g/mol. The molecular formula is C24H35N3O3. The number of para-hydroxylation sites is 1. The topological polar surface area (TPSA) is 94.2 Å². The third kappa shape index (κ3) is 5.22. The van der Waals surface area contributed by atoms with Crippen LogP contribution in [0.1, 0.15) is 45.6 Å². The second kappa shape index (κ2) is 10.1. The van der Waals surface area contributed by atoms with Gasteiger partial charge in [-0.1, -0.05) is 45.4 Å². The number of amides is 2. The van der Waals surface area contributed by atoms with Gasteiger partial charge in [-0.2, -0.15) is 0 Å². The molecule has 1 saturated carbocycles. The fraction of sp³-hybridized carbons (Fsp3) is 0.583. The third-order valence-electron chi connectivity index (χ3n) is 6.50. The minimum atomic E-state index is -0.673. The molecule has 4 N–H and O–H groups in total. The fourth-order valence-corrected chi connectivity index (χ4v) is 4.81. The highest BCUT2D eigenvalue weighted by Gasteiger charge is 2.37. The van der Waals surface area contributed by atoms with Crippen LogP contribution in [0.15, 0.2) is 30.5 Å². The number of aromatic amines is 1. The average molecular weight is 414 g/mol. The number of fused-ring (bicyclic) bond motifs is 1. The Morgan fingerprint density at radius 2 is 2.00 bits per heavy atom. The van der Waals surface area contributed by atoms with Gasteiger partial charge in [0.25, 0.3) is 0 Å². The van der Waals surface area contributed by atoms with Crippen LogP contribution in [0.25, 0.3) is 10.9 Å². The van der Waals surface area contributed by atoms with Gasteiger partial charge in [-0.05, 0) is 42.2 Å². The normalized spacial score (nSPS) is 22.8. The number of carbonyl (C=O) groups is 2. The predicted molar refractivity (Wildman–Crippen MR) is 119 cm³/mol. The highest BCUT2D eigenvalue weighted by atomic mass is 16.3. The third-order valence-corrected chi connectivity index (χ3v) is 6.50. The van der Waals surface area contributed by atoms with Crippen molar-refractivity contribution in [3.8, 4) is 0 Å². The zero-order valence-corrected chi connectivity index (χ0v) is 18.3. The van der Waals surface area contributed by atoms with Gasteiger partial charge in [0.15, 0.2) is 0 Å². The molecule has 6 nitrogen and oxygen atoms in total. The van der Waals surface area contributed by atoms with Gasteiger partial charge in [0.05, 0.1) is 6.61 Å². The molecule has 2 amide bonds. The molecule has 0 unspecified atom stereocenters. The maximum Gasteiger partial charge on any atom is 0.243 e. The van der Waals surface area contributed by atoms with Gasteiger partial charge in [-0.15, -0.1) is 0 Å². The first-order valence-electron chi connectivity index (χ1n) is 11.1. The molecule has 1 heterocycles. The van der Waals surface area contributed by atoms with Crippen molar-refractivity contribution in [2.45, 2.75) is 52.5 Å². The van der Waals surface area contributed by atoms with E-state index in [1.807, 2.05) is 30.5 Å². The molecule has 0 bridgehead atoms.